The molecule has 0 bridgehead atoms. The van der Waals surface area contributed by atoms with E-state index in [0.717, 1.165) is 5.69 Å². The van der Waals surface area contributed by atoms with Crippen molar-refractivity contribution in [2.24, 2.45) is 0 Å². The van der Waals surface area contributed by atoms with Crippen LogP contribution in [0.4, 0.5) is 5.69 Å². The molecule has 1 unspecified atom stereocenters. The van der Waals surface area contributed by atoms with Gasteiger partial charge in [-0.05, 0) is 38.1 Å². The van der Waals surface area contributed by atoms with Crippen molar-refractivity contribution in [3.63, 3.8) is 0 Å². The van der Waals surface area contributed by atoms with Gasteiger partial charge in [-0.25, -0.2) is 4.79 Å². The second-order valence-corrected chi connectivity index (χ2v) is 5.53. The van der Waals surface area contributed by atoms with Crippen LogP contribution in [-0.2, 0) is 4.79 Å². The summed E-state index contributed by atoms with van der Waals surface area (Å²) in [5.74, 6) is -1.57. The highest BCUT2D eigenvalue weighted by molar-refractivity contribution is 5.97. The minimum absolute atomic E-state index is 0.403. The molecule has 0 spiro atoms. The number of carbonyl (C=O) groups excluding carboxylic acids is 1. The van der Waals surface area contributed by atoms with Gasteiger partial charge in [-0.15, -0.1) is 0 Å². The summed E-state index contributed by atoms with van der Waals surface area (Å²) in [6.45, 7) is 3.43. The monoisotopic (exact) mass is 316 g/mol. The molecule has 3 N–H and O–H groups in total. The van der Waals surface area contributed by atoms with Crippen LogP contribution < -0.4 is 10.2 Å². The largest absolute Gasteiger partial charge is 0.479 e. The number of hydrogen-bond acceptors (Lipinski definition) is 4. The van der Waals surface area contributed by atoms with Crippen molar-refractivity contribution in [3.05, 3.63) is 46.8 Å². The average molecular weight is 316 g/mol. The fourth-order valence-corrected chi connectivity index (χ4v) is 2.37. The normalized spacial score (nSPS) is 11.8. The zero-order chi connectivity index (χ0) is 17.1. The Bertz CT molecular complexity index is 700. The van der Waals surface area contributed by atoms with Crippen molar-refractivity contribution in [1.82, 2.24) is 15.5 Å². The Morgan fingerprint density at radius 1 is 1.22 bits per heavy atom. The summed E-state index contributed by atoms with van der Waals surface area (Å²) >= 11 is 0. The van der Waals surface area contributed by atoms with Gasteiger partial charge in [0.25, 0.3) is 5.91 Å². The number of hydrogen-bond donors (Lipinski definition) is 3. The van der Waals surface area contributed by atoms with Crippen LogP contribution in [-0.4, -0.2) is 41.3 Å². The summed E-state index contributed by atoms with van der Waals surface area (Å²) in [5.41, 5.74) is 3.02. The Balaban J connectivity index is 2.23. The molecule has 0 aliphatic rings. The molecular formula is C16H20N4O3. The lowest BCUT2D eigenvalue weighted by Gasteiger charge is -2.16. The number of aryl methyl sites for hydroxylation is 2. The van der Waals surface area contributed by atoms with Crippen molar-refractivity contribution in [2.75, 3.05) is 19.0 Å². The van der Waals surface area contributed by atoms with Crippen molar-refractivity contribution < 1.29 is 14.7 Å². The molecule has 1 aromatic heterocycles. The highest BCUT2D eigenvalue weighted by Gasteiger charge is 2.27. The number of carbonyl (C=O) groups is 2. The highest BCUT2D eigenvalue weighted by atomic mass is 16.4. The number of aromatic amines is 1. The Kier molecular flexibility index (Phi) is 4.68. The lowest BCUT2D eigenvalue weighted by Crippen LogP contribution is -2.34. The van der Waals surface area contributed by atoms with Crippen LogP contribution in [0.3, 0.4) is 0 Å². The summed E-state index contributed by atoms with van der Waals surface area (Å²) in [5, 5.41) is 18.7. The summed E-state index contributed by atoms with van der Waals surface area (Å²) in [6, 6.07) is 5.80. The van der Waals surface area contributed by atoms with E-state index in [4.69, 9.17) is 0 Å². The zero-order valence-corrected chi connectivity index (χ0v) is 13.5. The molecular weight excluding hydrogens is 296 g/mol. The summed E-state index contributed by atoms with van der Waals surface area (Å²) in [4.78, 5) is 25.8. The van der Waals surface area contributed by atoms with Gasteiger partial charge in [-0.1, -0.05) is 0 Å². The van der Waals surface area contributed by atoms with Crippen LogP contribution in [0.15, 0.2) is 24.3 Å². The van der Waals surface area contributed by atoms with Crippen LogP contribution in [0.2, 0.25) is 0 Å². The molecule has 0 aliphatic carbocycles. The minimum atomic E-state index is -1.14. The quantitative estimate of drug-likeness (QED) is 0.779. The average Bonchev–Trinajstić information content (AvgIpc) is 2.83. The lowest BCUT2D eigenvalue weighted by atomic mass is 10.0. The van der Waals surface area contributed by atoms with Gasteiger partial charge in [-0.2, -0.15) is 5.10 Å². The van der Waals surface area contributed by atoms with E-state index in [1.165, 1.54) is 0 Å². The Morgan fingerprint density at radius 3 is 2.26 bits per heavy atom. The van der Waals surface area contributed by atoms with E-state index < -0.39 is 17.9 Å². The molecule has 0 saturated heterocycles. The van der Waals surface area contributed by atoms with Crippen molar-refractivity contribution in [3.8, 4) is 0 Å². The van der Waals surface area contributed by atoms with Gasteiger partial charge in [-0.3, -0.25) is 9.89 Å². The fraction of sp³-hybridized carbons (Fsp3) is 0.312. The van der Waals surface area contributed by atoms with E-state index in [1.807, 2.05) is 19.0 Å². The number of amides is 1. The Morgan fingerprint density at radius 2 is 1.83 bits per heavy atom. The molecule has 7 nitrogen and oxygen atoms in total. The van der Waals surface area contributed by atoms with E-state index in [9.17, 15) is 14.7 Å². The van der Waals surface area contributed by atoms with Gasteiger partial charge in [0, 0.05) is 36.6 Å². The number of carboxylic acid groups (broad SMARTS) is 1. The second kappa shape index (κ2) is 6.51. The Hall–Kier alpha value is -2.83. The van der Waals surface area contributed by atoms with E-state index in [0.29, 0.717) is 22.5 Å². The van der Waals surface area contributed by atoms with Crippen molar-refractivity contribution >= 4 is 17.6 Å². The van der Waals surface area contributed by atoms with E-state index in [1.54, 1.807) is 38.1 Å². The standard InChI is InChI=1S/C16H20N4O3/c1-9-13(10(2)19-18-9)14(16(22)23)17-15(21)11-5-7-12(8-6-11)20(3)4/h5-8,14H,1-4H3,(H,17,21)(H,18,19)(H,22,23). The van der Waals surface area contributed by atoms with Crippen LogP contribution in [0, 0.1) is 13.8 Å². The maximum atomic E-state index is 12.3. The van der Waals surface area contributed by atoms with Crippen LogP contribution in [0.25, 0.3) is 0 Å². The van der Waals surface area contributed by atoms with Gasteiger partial charge in [0.1, 0.15) is 0 Å². The van der Waals surface area contributed by atoms with Gasteiger partial charge >= 0.3 is 5.97 Å². The number of rotatable bonds is 5. The molecule has 0 radical (unpaired) electrons. The van der Waals surface area contributed by atoms with Crippen LogP contribution in [0.5, 0.6) is 0 Å². The molecule has 0 saturated carbocycles. The first-order chi connectivity index (χ1) is 10.8. The molecule has 122 valence electrons. The predicted octanol–water partition coefficient (Wildman–Crippen LogP) is 1.65. The number of carboxylic acids is 1. The molecule has 2 aromatic rings. The number of anilines is 1. The number of nitrogens with one attached hydrogen (secondary N) is 2. The summed E-state index contributed by atoms with van der Waals surface area (Å²) in [6.07, 6.45) is 0. The molecule has 1 heterocycles. The third-order valence-electron chi connectivity index (χ3n) is 3.64. The molecule has 0 aliphatic heterocycles. The molecule has 1 atom stereocenters. The van der Waals surface area contributed by atoms with Gasteiger partial charge in [0.15, 0.2) is 6.04 Å². The van der Waals surface area contributed by atoms with Crippen molar-refractivity contribution in [2.45, 2.75) is 19.9 Å². The molecule has 1 aromatic carbocycles. The first-order valence-electron chi connectivity index (χ1n) is 7.13. The summed E-state index contributed by atoms with van der Waals surface area (Å²) in [7, 11) is 3.81. The molecule has 1 amide bonds. The van der Waals surface area contributed by atoms with Gasteiger partial charge < -0.3 is 15.3 Å². The first-order valence-corrected chi connectivity index (χ1v) is 7.13. The maximum absolute atomic E-state index is 12.3. The van der Waals surface area contributed by atoms with Gasteiger partial charge in [0.05, 0.1) is 5.69 Å². The molecule has 7 heteroatoms. The third-order valence-corrected chi connectivity index (χ3v) is 3.64. The van der Waals surface area contributed by atoms with Crippen molar-refractivity contribution in [1.29, 1.82) is 0 Å². The molecule has 0 fully saturated rings. The number of aliphatic carboxylic acids is 1. The molecule has 23 heavy (non-hydrogen) atoms. The highest BCUT2D eigenvalue weighted by Crippen LogP contribution is 2.21. The predicted molar refractivity (Wildman–Crippen MR) is 86.7 cm³/mol. The molecule has 2 rings (SSSR count). The number of benzene rings is 1. The van der Waals surface area contributed by atoms with E-state index in [-0.39, 0.29) is 0 Å². The third kappa shape index (κ3) is 3.50. The Labute approximate surface area is 134 Å². The maximum Gasteiger partial charge on any atom is 0.331 e. The SMILES string of the molecule is Cc1n[nH]c(C)c1C(NC(=O)c1ccc(N(C)C)cc1)C(=O)O. The summed E-state index contributed by atoms with van der Waals surface area (Å²) < 4.78 is 0. The number of nitrogens with zero attached hydrogens (tertiary/aromatic N) is 2. The van der Waals surface area contributed by atoms with E-state index >= 15 is 0 Å². The zero-order valence-electron chi connectivity index (χ0n) is 13.5. The van der Waals surface area contributed by atoms with E-state index in [2.05, 4.69) is 15.5 Å². The fourth-order valence-electron chi connectivity index (χ4n) is 2.37. The number of aromatic nitrogens is 2. The second-order valence-electron chi connectivity index (χ2n) is 5.53. The lowest BCUT2D eigenvalue weighted by molar-refractivity contribution is -0.139. The van der Waals surface area contributed by atoms with Crippen LogP contribution in [0.1, 0.15) is 33.4 Å². The van der Waals surface area contributed by atoms with Crippen LogP contribution >= 0.6 is 0 Å². The first kappa shape index (κ1) is 16.5. The number of H-pyrrole nitrogens is 1. The minimum Gasteiger partial charge on any atom is -0.479 e. The van der Waals surface area contributed by atoms with Gasteiger partial charge in [0.2, 0.25) is 0 Å². The topological polar surface area (TPSA) is 98.3 Å². The smallest absolute Gasteiger partial charge is 0.331 e.